The fraction of sp³-hybridized carbons (Fsp3) is 0.529. The van der Waals surface area contributed by atoms with Crippen molar-refractivity contribution >= 4 is 15.9 Å². The van der Waals surface area contributed by atoms with Crippen LogP contribution in [0.2, 0.25) is 0 Å². The van der Waals surface area contributed by atoms with E-state index in [4.69, 9.17) is 4.74 Å². The van der Waals surface area contributed by atoms with Crippen molar-refractivity contribution in [2.45, 2.75) is 27.2 Å². The topological polar surface area (TPSA) is 21.3 Å². The second-order valence-corrected chi connectivity index (χ2v) is 6.88. The average Bonchev–Trinajstić information content (AvgIpc) is 2.38. The highest BCUT2D eigenvalue weighted by molar-refractivity contribution is 9.10. The van der Waals surface area contributed by atoms with E-state index in [1.807, 2.05) is 6.07 Å². The van der Waals surface area contributed by atoms with Gasteiger partial charge in [-0.1, -0.05) is 32.9 Å². The Bertz CT molecular complexity index is 445. The Balaban J connectivity index is 2.71. The van der Waals surface area contributed by atoms with Crippen molar-refractivity contribution in [1.29, 1.82) is 0 Å². The fourth-order valence-electron chi connectivity index (χ4n) is 2.14. The highest BCUT2D eigenvalue weighted by atomic mass is 79.9. The minimum Gasteiger partial charge on any atom is -0.496 e. The van der Waals surface area contributed by atoms with Crippen molar-refractivity contribution < 1.29 is 4.74 Å². The molecule has 1 atom stereocenters. The standard InChI is InChI=1S/C17H26BrNO/c1-6-17(4,12-19-11-13(2)3)10-14-7-8-16(20-5)15(18)9-14/h6-9,13,19H,1,10-12H2,2-5H3. The molecule has 1 rings (SSSR count). The first-order chi connectivity index (χ1) is 9.40. The van der Waals surface area contributed by atoms with Crippen LogP contribution in [0.25, 0.3) is 0 Å². The van der Waals surface area contributed by atoms with Crippen LogP contribution < -0.4 is 10.1 Å². The molecule has 1 N–H and O–H groups in total. The van der Waals surface area contributed by atoms with Gasteiger partial charge in [-0.3, -0.25) is 0 Å². The zero-order chi connectivity index (χ0) is 15.2. The van der Waals surface area contributed by atoms with E-state index in [1.165, 1.54) is 5.56 Å². The van der Waals surface area contributed by atoms with Gasteiger partial charge in [-0.05, 0) is 52.5 Å². The van der Waals surface area contributed by atoms with Crippen molar-refractivity contribution in [1.82, 2.24) is 5.32 Å². The number of halogens is 1. The molecular formula is C17H26BrNO. The molecule has 0 radical (unpaired) electrons. The number of hydrogen-bond acceptors (Lipinski definition) is 2. The third kappa shape index (κ3) is 5.29. The lowest BCUT2D eigenvalue weighted by Crippen LogP contribution is -2.34. The second kappa shape index (κ2) is 7.84. The van der Waals surface area contributed by atoms with Gasteiger partial charge in [0.15, 0.2) is 0 Å². The lowest BCUT2D eigenvalue weighted by Gasteiger charge is -2.27. The summed E-state index contributed by atoms with van der Waals surface area (Å²) in [5.74, 6) is 1.53. The third-order valence-corrected chi connectivity index (χ3v) is 4.02. The summed E-state index contributed by atoms with van der Waals surface area (Å²) < 4.78 is 6.27. The summed E-state index contributed by atoms with van der Waals surface area (Å²) in [4.78, 5) is 0. The molecule has 0 bridgehead atoms. The largest absolute Gasteiger partial charge is 0.496 e. The van der Waals surface area contributed by atoms with Crippen LogP contribution in [-0.2, 0) is 6.42 Å². The van der Waals surface area contributed by atoms with E-state index >= 15 is 0 Å². The Kier molecular flexibility index (Phi) is 6.77. The number of methoxy groups -OCH3 is 1. The molecule has 0 spiro atoms. The second-order valence-electron chi connectivity index (χ2n) is 6.03. The lowest BCUT2D eigenvalue weighted by atomic mass is 9.83. The molecule has 1 aromatic rings. The van der Waals surface area contributed by atoms with Gasteiger partial charge in [-0.15, -0.1) is 6.58 Å². The summed E-state index contributed by atoms with van der Waals surface area (Å²) in [5, 5.41) is 3.53. The number of rotatable bonds is 8. The molecule has 20 heavy (non-hydrogen) atoms. The molecule has 0 saturated carbocycles. The quantitative estimate of drug-likeness (QED) is 0.707. The summed E-state index contributed by atoms with van der Waals surface area (Å²) in [6.07, 6.45) is 3.02. The van der Waals surface area contributed by atoms with Gasteiger partial charge in [-0.2, -0.15) is 0 Å². The van der Waals surface area contributed by atoms with Crippen molar-refractivity contribution in [2.24, 2.45) is 11.3 Å². The van der Waals surface area contributed by atoms with E-state index in [0.717, 1.165) is 29.7 Å². The molecule has 0 aromatic heterocycles. The first kappa shape index (κ1) is 17.3. The van der Waals surface area contributed by atoms with Crippen LogP contribution in [0, 0.1) is 11.3 Å². The zero-order valence-electron chi connectivity index (χ0n) is 13.0. The van der Waals surface area contributed by atoms with Crippen molar-refractivity contribution in [3.8, 4) is 5.75 Å². The van der Waals surface area contributed by atoms with E-state index in [0.29, 0.717) is 5.92 Å². The van der Waals surface area contributed by atoms with E-state index in [9.17, 15) is 0 Å². The Morgan fingerprint density at radius 3 is 2.65 bits per heavy atom. The van der Waals surface area contributed by atoms with E-state index in [2.05, 4.69) is 66.8 Å². The molecule has 2 nitrogen and oxygen atoms in total. The van der Waals surface area contributed by atoms with Crippen LogP contribution in [0.3, 0.4) is 0 Å². The molecule has 1 aromatic carbocycles. The molecule has 0 saturated heterocycles. The molecule has 3 heteroatoms. The molecule has 112 valence electrons. The van der Waals surface area contributed by atoms with Gasteiger partial charge in [-0.25, -0.2) is 0 Å². The van der Waals surface area contributed by atoms with Crippen LogP contribution in [0.1, 0.15) is 26.3 Å². The van der Waals surface area contributed by atoms with Gasteiger partial charge in [0.05, 0.1) is 11.6 Å². The predicted molar refractivity (Wildman–Crippen MR) is 90.4 cm³/mol. The van der Waals surface area contributed by atoms with Crippen LogP contribution >= 0.6 is 15.9 Å². The maximum atomic E-state index is 5.27. The molecule has 0 aliphatic heterocycles. The maximum absolute atomic E-state index is 5.27. The van der Waals surface area contributed by atoms with E-state index < -0.39 is 0 Å². The highest BCUT2D eigenvalue weighted by Crippen LogP contribution is 2.29. The summed E-state index contributed by atoms with van der Waals surface area (Å²) in [6.45, 7) is 12.7. The summed E-state index contributed by atoms with van der Waals surface area (Å²) in [6, 6.07) is 6.25. The Hall–Kier alpha value is -0.800. The smallest absolute Gasteiger partial charge is 0.133 e. The minimum absolute atomic E-state index is 0.0585. The van der Waals surface area contributed by atoms with Gasteiger partial charge in [0.2, 0.25) is 0 Å². The fourth-order valence-corrected chi connectivity index (χ4v) is 2.73. The minimum atomic E-state index is 0.0585. The van der Waals surface area contributed by atoms with Crippen molar-refractivity contribution in [3.05, 3.63) is 40.9 Å². The van der Waals surface area contributed by atoms with E-state index in [1.54, 1.807) is 7.11 Å². The third-order valence-electron chi connectivity index (χ3n) is 3.40. The molecule has 0 aliphatic rings. The summed E-state index contributed by atoms with van der Waals surface area (Å²) in [5.41, 5.74) is 1.34. The van der Waals surface area contributed by atoms with Gasteiger partial charge >= 0.3 is 0 Å². The first-order valence-corrected chi connectivity index (χ1v) is 7.86. The number of ether oxygens (including phenoxy) is 1. The normalized spacial score (nSPS) is 14.1. The molecule has 0 amide bonds. The van der Waals surface area contributed by atoms with Crippen molar-refractivity contribution in [2.75, 3.05) is 20.2 Å². The van der Waals surface area contributed by atoms with Gasteiger partial charge in [0, 0.05) is 12.0 Å². The SMILES string of the molecule is C=CC(C)(CNCC(C)C)Cc1ccc(OC)c(Br)c1. The lowest BCUT2D eigenvalue weighted by molar-refractivity contribution is 0.377. The monoisotopic (exact) mass is 339 g/mol. The van der Waals surface area contributed by atoms with Crippen molar-refractivity contribution in [3.63, 3.8) is 0 Å². The average molecular weight is 340 g/mol. The van der Waals surface area contributed by atoms with Crippen LogP contribution in [0.4, 0.5) is 0 Å². The van der Waals surface area contributed by atoms with Crippen LogP contribution in [0.5, 0.6) is 5.75 Å². The van der Waals surface area contributed by atoms with Gasteiger partial charge < -0.3 is 10.1 Å². The van der Waals surface area contributed by atoms with E-state index in [-0.39, 0.29) is 5.41 Å². The predicted octanol–water partition coefficient (Wildman–Crippen LogP) is 4.44. The Morgan fingerprint density at radius 2 is 2.15 bits per heavy atom. The maximum Gasteiger partial charge on any atom is 0.133 e. The van der Waals surface area contributed by atoms with Gasteiger partial charge in [0.25, 0.3) is 0 Å². The number of benzene rings is 1. The molecule has 0 aliphatic carbocycles. The van der Waals surface area contributed by atoms with Gasteiger partial charge in [0.1, 0.15) is 5.75 Å². The number of hydrogen-bond donors (Lipinski definition) is 1. The number of nitrogens with one attached hydrogen (secondary N) is 1. The molecule has 1 unspecified atom stereocenters. The molecule has 0 fully saturated rings. The Labute approximate surface area is 131 Å². The van der Waals surface area contributed by atoms with Crippen LogP contribution in [-0.4, -0.2) is 20.2 Å². The zero-order valence-corrected chi connectivity index (χ0v) is 14.6. The van der Waals surface area contributed by atoms with Crippen LogP contribution in [0.15, 0.2) is 35.3 Å². The Morgan fingerprint density at radius 1 is 1.45 bits per heavy atom. The molecular weight excluding hydrogens is 314 g/mol. The summed E-state index contributed by atoms with van der Waals surface area (Å²) >= 11 is 3.54. The first-order valence-electron chi connectivity index (χ1n) is 7.07. The molecule has 0 heterocycles. The highest BCUT2D eigenvalue weighted by Gasteiger charge is 2.21. The summed E-state index contributed by atoms with van der Waals surface area (Å²) in [7, 11) is 1.68.